The zero-order chi connectivity index (χ0) is 27.4. The molecule has 1 unspecified atom stereocenters. The molecule has 9 nitrogen and oxygen atoms in total. The van der Waals surface area contributed by atoms with Crippen molar-refractivity contribution in [2.24, 2.45) is 0 Å². The van der Waals surface area contributed by atoms with E-state index < -0.39 is 23.7 Å². The van der Waals surface area contributed by atoms with Gasteiger partial charge in [-0.3, -0.25) is 14.5 Å². The second kappa shape index (κ2) is 11.5. The predicted octanol–water partition coefficient (Wildman–Crippen LogP) is 5.05. The summed E-state index contributed by atoms with van der Waals surface area (Å²) in [5.41, 5.74) is 1.14. The van der Waals surface area contributed by atoms with Gasteiger partial charge < -0.3 is 19.3 Å². The first-order valence-electron chi connectivity index (χ1n) is 12.0. The smallest absolute Gasteiger partial charge is 0.350 e. The molecule has 0 aliphatic carbocycles. The third-order valence-electron chi connectivity index (χ3n) is 6.11. The highest BCUT2D eigenvalue weighted by molar-refractivity contribution is 7.17. The maximum Gasteiger partial charge on any atom is 0.350 e. The number of amides is 1. The lowest BCUT2D eigenvalue weighted by atomic mass is 9.95. The molecule has 3 aromatic rings. The number of methoxy groups -OCH3 is 2. The first-order chi connectivity index (χ1) is 18.3. The number of ketones is 1. The predicted molar refractivity (Wildman–Crippen MR) is 143 cm³/mol. The Bertz CT molecular complexity index is 1390. The number of anilines is 1. The molecular formula is C28H28N2O7S. The van der Waals surface area contributed by atoms with E-state index in [4.69, 9.17) is 14.2 Å². The molecule has 1 N–H and O–H groups in total. The van der Waals surface area contributed by atoms with Crippen LogP contribution in [-0.4, -0.2) is 48.6 Å². The standard InChI is InChI=1S/C28H28N2O7S/c1-5-6-14-37-19-12-10-17(11-13-19)23(31)21-22(18-8-7-9-20(15-18)35-3)30(26(33)24(21)32)28-29-16(2)25(38-28)27(34)36-4/h7-13,15,22,31H,5-6,14H2,1-4H3. The van der Waals surface area contributed by atoms with Gasteiger partial charge in [0.15, 0.2) is 5.13 Å². The Morgan fingerprint density at radius 1 is 1.11 bits per heavy atom. The molecule has 1 aliphatic rings. The maximum absolute atomic E-state index is 13.4. The molecule has 1 atom stereocenters. The molecular weight excluding hydrogens is 508 g/mol. The number of aliphatic hydroxyl groups excluding tert-OH is 1. The number of hydrogen-bond donors (Lipinski definition) is 1. The summed E-state index contributed by atoms with van der Waals surface area (Å²) in [6.07, 6.45) is 1.92. The summed E-state index contributed by atoms with van der Waals surface area (Å²) in [7, 11) is 2.76. The number of benzene rings is 2. The van der Waals surface area contributed by atoms with Crippen LogP contribution in [0, 0.1) is 6.92 Å². The van der Waals surface area contributed by atoms with Gasteiger partial charge in [-0.25, -0.2) is 9.78 Å². The van der Waals surface area contributed by atoms with E-state index in [1.54, 1.807) is 55.5 Å². The molecule has 0 bridgehead atoms. The van der Waals surface area contributed by atoms with Gasteiger partial charge >= 0.3 is 11.9 Å². The molecule has 4 rings (SSSR count). The minimum absolute atomic E-state index is 0.102. The lowest BCUT2D eigenvalue weighted by molar-refractivity contribution is -0.132. The number of rotatable bonds is 9. The Hall–Kier alpha value is -4.18. The SMILES string of the molecule is CCCCOc1ccc(C(O)=C2C(=O)C(=O)N(c3nc(C)c(C(=O)OC)s3)C2c2cccc(OC)c2)cc1. The summed E-state index contributed by atoms with van der Waals surface area (Å²) in [5, 5.41) is 11.5. The fraction of sp³-hybridized carbons (Fsp3) is 0.286. The van der Waals surface area contributed by atoms with Crippen LogP contribution >= 0.6 is 11.3 Å². The Kier molecular flexibility index (Phi) is 8.11. The number of carbonyl (C=O) groups excluding carboxylic acids is 3. The minimum Gasteiger partial charge on any atom is -0.507 e. The van der Waals surface area contributed by atoms with Crippen LogP contribution in [0.15, 0.2) is 54.1 Å². The molecule has 38 heavy (non-hydrogen) atoms. The van der Waals surface area contributed by atoms with Gasteiger partial charge in [0.25, 0.3) is 5.78 Å². The second-order valence-corrected chi connectivity index (χ2v) is 9.55. The van der Waals surface area contributed by atoms with Crippen LogP contribution in [-0.2, 0) is 14.3 Å². The summed E-state index contributed by atoms with van der Waals surface area (Å²) in [5.74, 6) is -1.53. The number of ether oxygens (including phenoxy) is 3. The Labute approximate surface area is 224 Å². The van der Waals surface area contributed by atoms with Crippen molar-refractivity contribution >= 4 is 39.9 Å². The number of aromatic nitrogens is 1. The van der Waals surface area contributed by atoms with Crippen LogP contribution in [0.2, 0.25) is 0 Å². The number of unbranched alkanes of at least 4 members (excludes halogenated alkanes) is 1. The summed E-state index contributed by atoms with van der Waals surface area (Å²) in [6.45, 7) is 4.26. The van der Waals surface area contributed by atoms with E-state index in [1.165, 1.54) is 19.1 Å². The van der Waals surface area contributed by atoms with Crippen molar-refractivity contribution in [3.05, 3.63) is 75.8 Å². The van der Waals surface area contributed by atoms with Gasteiger partial charge in [-0.05, 0) is 55.3 Å². The zero-order valence-corrected chi connectivity index (χ0v) is 22.3. The maximum atomic E-state index is 13.4. The highest BCUT2D eigenvalue weighted by Crippen LogP contribution is 2.44. The number of carbonyl (C=O) groups is 3. The summed E-state index contributed by atoms with van der Waals surface area (Å²) >= 11 is 0.940. The van der Waals surface area contributed by atoms with Crippen LogP contribution in [0.3, 0.4) is 0 Å². The van der Waals surface area contributed by atoms with Crippen LogP contribution in [0.4, 0.5) is 5.13 Å². The topological polar surface area (TPSA) is 115 Å². The monoisotopic (exact) mass is 536 g/mol. The molecule has 1 aromatic heterocycles. The van der Waals surface area contributed by atoms with Crippen molar-refractivity contribution in [2.75, 3.05) is 25.7 Å². The van der Waals surface area contributed by atoms with E-state index in [1.807, 2.05) is 0 Å². The molecule has 0 saturated carbocycles. The highest BCUT2D eigenvalue weighted by atomic mass is 32.1. The highest BCUT2D eigenvalue weighted by Gasteiger charge is 2.48. The first-order valence-corrected chi connectivity index (χ1v) is 12.9. The van der Waals surface area contributed by atoms with Gasteiger partial charge in [-0.15, -0.1) is 0 Å². The molecule has 0 spiro atoms. The third kappa shape index (κ3) is 5.12. The Morgan fingerprint density at radius 3 is 2.50 bits per heavy atom. The summed E-state index contributed by atoms with van der Waals surface area (Å²) < 4.78 is 15.9. The van der Waals surface area contributed by atoms with Crippen molar-refractivity contribution in [3.63, 3.8) is 0 Å². The van der Waals surface area contributed by atoms with Crippen molar-refractivity contribution < 1.29 is 33.7 Å². The van der Waals surface area contributed by atoms with E-state index in [2.05, 4.69) is 11.9 Å². The van der Waals surface area contributed by atoms with E-state index in [-0.39, 0.29) is 21.3 Å². The number of aliphatic hydroxyl groups is 1. The summed E-state index contributed by atoms with van der Waals surface area (Å²) in [6, 6.07) is 12.5. The average molecular weight is 537 g/mol. The van der Waals surface area contributed by atoms with Gasteiger partial charge in [0.1, 0.15) is 22.1 Å². The molecule has 0 radical (unpaired) electrons. The zero-order valence-electron chi connectivity index (χ0n) is 21.5. The van der Waals surface area contributed by atoms with Gasteiger partial charge in [0.05, 0.1) is 38.1 Å². The molecule has 1 fully saturated rings. The fourth-order valence-electron chi connectivity index (χ4n) is 4.12. The van der Waals surface area contributed by atoms with Gasteiger partial charge in [-0.2, -0.15) is 0 Å². The van der Waals surface area contributed by atoms with Crippen LogP contribution in [0.1, 0.15) is 52.3 Å². The van der Waals surface area contributed by atoms with Gasteiger partial charge in [0, 0.05) is 5.56 Å². The van der Waals surface area contributed by atoms with Crippen LogP contribution < -0.4 is 14.4 Å². The normalized spacial score (nSPS) is 16.5. The van der Waals surface area contributed by atoms with E-state index in [0.717, 1.165) is 24.2 Å². The molecule has 198 valence electrons. The average Bonchev–Trinajstić information content (AvgIpc) is 3.44. The third-order valence-corrected chi connectivity index (χ3v) is 7.25. The number of esters is 1. The quantitative estimate of drug-likeness (QED) is 0.133. The number of Topliss-reactive ketones (excluding diaryl/α,β-unsaturated/α-hetero) is 1. The largest absolute Gasteiger partial charge is 0.507 e. The van der Waals surface area contributed by atoms with E-state index in [9.17, 15) is 19.5 Å². The molecule has 10 heteroatoms. The van der Waals surface area contributed by atoms with E-state index in [0.29, 0.717) is 34.9 Å². The first kappa shape index (κ1) is 26.9. The van der Waals surface area contributed by atoms with Crippen molar-refractivity contribution in [1.82, 2.24) is 4.98 Å². The Morgan fingerprint density at radius 2 is 1.84 bits per heavy atom. The van der Waals surface area contributed by atoms with Crippen molar-refractivity contribution in [1.29, 1.82) is 0 Å². The number of aryl methyl sites for hydroxylation is 1. The molecule has 2 heterocycles. The lowest BCUT2D eigenvalue weighted by Crippen LogP contribution is -2.29. The molecule has 2 aromatic carbocycles. The van der Waals surface area contributed by atoms with Crippen molar-refractivity contribution in [2.45, 2.75) is 32.7 Å². The summed E-state index contributed by atoms with van der Waals surface area (Å²) in [4.78, 5) is 44.8. The molecule has 1 saturated heterocycles. The lowest BCUT2D eigenvalue weighted by Gasteiger charge is -2.23. The number of thiazole rings is 1. The second-order valence-electron chi connectivity index (χ2n) is 8.57. The number of nitrogens with zero attached hydrogens (tertiary/aromatic N) is 2. The van der Waals surface area contributed by atoms with Crippen LogP contribution in [0.25, 0.3) is 5.76 Å². The minimum atomic E-state index is -1.01. The Balaban J connectivity index is 1.84. The van der Waals surface area contributed by atoms with Gasteiger partial charge in [-0.1, -0.05) is 36.8 Å². The van der Waals surface area contributed by atoms with E-state index >= 15 is 0 Å². The van der Waals surface area contributed by atoms with Gasteiger partial charge in [0.2, 0.25) is 0 Å². The fourth-order valence-corrected chi connectivity index (χ4v) is 5.13. The molecule has 1 amide bonds. The van der Waals surface area contributed by atoms with Crippen molar-refractivity contribution in [3.8, 4) is 11.5 Å². The molecule has 1 aliphatic heterocycles. The van der Waals surface area contributed by atoms with Crippen LogP contribution in [0.5, 0.6) is 11.5 Å². The number of hydrogen-bond acceptors (Lipinski definition) is 9.